The predicted octanol–water partition coefficient (Wildman–Crippen LogP) is 9.14. The lowest BCUT2D eigenvalue weighted by Gasteiger charge is -2.31. The van der Waals surface area contributed by atoms with Gasteiger partial charge in [0, 0.05) is 5.41 Å². The molecule has 4 aromatic rings. The fourth-order valence-corrected chi connectivity index (χ4v) is 6.43. The minimum atomic E-state index is -1.49. The summed E-state index contributed by atoms with van der Waals surface area (Å²) in [7, 11) is 0. The van der Waals surface area contributed by atoms with Crippen LogP contribution in [0, 0.1) is 0 Å². The van der Waals surface area contributed by atoms with Crippen molar-refractivity contribution in [3.63, 3.8) is 0 Å². The maximum Gasteiger partial charge on any atom is 0.343 e. The second-order valence-corrected chi connectivity index (χ2v) is 13.5. The number of unbranched alkanes of at least 4 members (excludes halogenated alkanes) is 8. The number of hydrogen-bond acceptors (Lipinski definition) is 8. The molecule has 0 fully saturated rings. The van der Waals surface area contributed by atoms with Crippen molar-refractivity contribution in [2.75, 3.05) is 0 Å². The second kappa shape index (κ2) is 19.2. The van der Waals surface area contributed by atoms with Crippen molar-refractivity contribution >= 4 is 35.8 Å². The SMILES string of the molecule is CCCCCCCCCCCC(C)(c1ccc(OC(=O)c2ccc(C(=O)O)c(C(=O)O)c2)cc1)c1ccc(OC(=O)c2ccc(C(=O)O)c(C(=O)O)c2)cc1. The molecule has 4 aromatic carbocycles. The third-order valence-electron chi connectivity index (χ3n) is 9.62. The van der Waals surface area contributed by atoms with Gasteiger partial charge in [0.25, 0.3) is 0 Å². The molecule has 0 unspecified atom stereocenters. The first-order valence-electron chi connectivity index (χ1n) is 18.1. The van der Waals surface area contributed by atoms with E-state index in [0.29, 0.717) is 0 Å². The highest BCUT2D eigenvalue weighted by molar-refractivity contribution is 6.05. The molecule has 0 aliphatic carbocycles. The molecule has 12 heteroatoms. The Bertz CT molecular complexity index is 1900. The summed E-state index contributed by atoms with van der Waals surface area (Å²) in [5.41, 5.74) is -0.924. The summed E-state index contributed by atoms with van der Waals surface area (Å²) in [6.45, 7) is 4.29. The zero-order valence-electron chi connectivity index (χ0n) is 30.7. The number of benzene rings is 4. The van der Waals surface area contributed by atoms with Crippen LogP contribution in [0.4, 0.5) is 0 Å². The van der Waals surface area contributed by atoms with Crippen molar-refractivity contribution in [2.45, 2.75) is 83.5 Å². The molecule has 12 nitrogen and oxygen atoms in total. The molecule has 4 N–H and O–H groups in total. The van der Waals surface area contributed by atoms with Crippen molar-refractivity contribution in [3.8, 4) is 11.5 Å². The van der Waals surface area contributed by atoms with Gasteiger partial charge >= 0.3 is 35.8 Å². The molecular weight excluding hydrogens is 708 g/mol. The number of hydrogen-bond donors (Lipinski definition) is 4. The molecule has 0 aromatic heterocycles. The molecule has 0 aliphatic heterocycles. The molecule has 0 radical (unpaired) electrons. The Hall–Kier alpha value is -6.30. The third-order valence-corrected chi connectivity index (χ3v) is 9.62. The third kappa shape index (κ3) is 10.9. The van der Waals surface area contributed by atoms with Crippen LogP contribution >= 0.6 is 0 Å². The molecule has 55 heavy (non-hydrogen) atoms. The molecule has 288 valence electrons. The van der Waals surface area contributed by atoms with Crippen LogP contribution in [-0.2, 0) is 5.41 Å². The van der Waals surface area contributed by atoms with Crippen LogP contribution in [0.25, 0.3) is 0 Å². The van der Waals surface area contributed by atoms with Gasteiger partial charge in [-0.05, 0) is 78.2 Å². The number of rotatable bonds is 20. The van der Waals surface area contributed by atoms with Gasteiger partial charge in [-0.2, -0.15) is 0 Å². The Labute approximate surface area is 318 Å². The molecule has 0 saturated carbocycles. The van der Waals surface area contributed by atoms with Crippen LogP contribution in [0.15, 0.2) is 84.9 Å². The summed E-state index contributed by atoms with van der Waals surface area (Å²) in [6, 6.07) is 20.3. The normalized spacial score (nSPS) is 11.1. The van der Waals surface area contributed by atoms with Crippen molar-refractivity contribution in [3.05, 3.63) is 129 Å². The Morgan fingerprint density at radius 1 is 0.473 bits per heavy atom. The standard InChI is InChI=1S/C43H44O12/c1-3-4-5-6-7-8-9-10-11-24-43(2,29-14-18-31(19-15-29)54-41(52)27-12-22-33(37(44)45)35(25-27)39(48)49)30-16-20-32(21-17-30)55-42(53)28-13-23-34(38(46)47)36(26-28)40(50)51/h12-23,25-26H,3-11,24H2,1-2H3,(H,44,45)(H,46,47)(H,48,49)(H,50,51). The molecule has 0 bridgehead atoms. The molecule has 0 aliphatic rings. The number of aromatic carboxylic acids is 4. The van der Waals surface area contributed by atoms with Crippen LogP contribution in [0.3, 0.4) is 0 Å². The highest BCUT2D eigenvalue weighted by Gasteiger charge is 2.29. The summed E-state index contributed by atoms with van der Waals surface area (Å²) in [4.78, 5) is 71.8. The van der Waals surface area contributed by atoms with E-state index in [4.69, 9.17) is 9.47 Å². The van der Waals surface area contributed by atoms with Gasteiger partial charge in [-0.15, -0.1) is 0 Å². The van der Waals surface area contributed by atoms with E-state index in [2.05, 4.69) is 13.8 Å². The minimum Gasteiger partial charge on any atom is -0.478 e. The zero-order chi connectivity index (χ0) is 40.1. The van der Waals surface area contributed by atoms with Crippen LogP contribution in [0.2, 0.25) is 0 Å². The molecular formula is C43H44O12. The Morgan fingerprint density at radius 3 is 1.16 bits per heavy atom. The number of ether oxygens (including phenoxy) is 2. The van der Waals surface area contributed by atoms with Gasteiger partial charge in [0.15, 0.2) is 0 Å². The second-order valence-electron chi connectivity index (χ2n) is 13.5. The number of carbonyl (C=O) groups excluding carboxylic acids is 2. The van der Waals surface area contributed by atoms with Gasteiger partial charge in [-0.1, -0.05) is 95.9 Å². The first kappa shape index (κ1) is 41.5. The molecule has 0 saturated heterocycles. The topological polar surface area (TPSA) is 202 Å². The lowest BCUT2D eigenvalue weighted by atomic mass is 9.72. The fraction of sp³-hybridized carbons (Fsp3) is 0.302. The maximum absolute atomic E-state index is 12.9. The lowest BCUT2D eigenvalue weighted by molar-refractivity contribution is 0.0650. The minimum absolute atomic E-state index is 0.123. The molecule has 0 spiro atoms. The summed E-state index contributed by atoms with van der Waals surface area (Å²) in [6.07, 6.45) is 11.2. The molecule has 0 atom stereocenters. The van der Waals surface area contributed by atoms with Crippen molar-refractivity contribution in [1.82, 2.24) is 0 Å². The van der Waals surface area contributed by atoms with E-state index in [0.717, 1.165) is 61.1 Å². The molecule has 0 amide bonds. The summed E-state index contributed by atoms with van der Waals surface area (Å²) in [5, 5.41) is 37.4. The smallest absolute Gasteiger partial charge is 0.343 e. The average Bonchev–Trinajstić information content (AvgIpc) is 3.17. The number of carboxylic acids is 4. The number of carboxylic acid groups (broad SMARTS) is 4. The highest BCUT2D eigenvalue weighted by atomic mass is 16.5. The van der Waals surface area contributed by atoms with Gasteiger partial charge in [-0.3, -0.25) is 0 Å². The van der Waals surface area contributed by atoms with E-state index < -0.39 is 63.5 Å². The monoisotopic (exact) mass is 752 g/mol. The zero-order valence-corrected chi connectivity index (χ0v) is 30.7. The quantitative estimate of drug-likeness (QED) is 0.0379. The lowest BCUT2D eigenvalue weighted by Crippen LogP contribution is -2.24. The van der Waals surface area contributed by atoms with Crippen molar-refractivity contribution < 1.29 is 58.7 Å². The summed E-state index contributed by atoms with van der Waals surface area (Å²) in [5.74, 6) is -7.17. The largest absolute Gasteiger partial charge is 0.478 e. The van der Waals surface area contributed by atoms with Crippen LogP contribution in [0.5, 0.6) is 11.5 Å². The first-order valence-corrected chi connectivity index (χ1v) is 18.1. The van der Waals surface area contributed by atoms with E-state index in [1.54, 1.807) is 24.3 Å². The van der Waals surface area contributed by atoms with Gasteiger partial charge in [-0.25, -0.2) is 28.8 Å². The van der Waals surface area contributed by atoms with Gasteiger partial charge in [0.05, 0.1) is 33.4 Å². The number of esters is 2. The van der Waals surface area contributed by atoms with E-state index >= 15 is 0 Å². The van der Waals surface area contributed by atoms with Crippen LogP contribution in [-0.4, -0.2) is 56.2 Å². The first-order chi connectivity index (χ1) is 26.2. The Balaban J connectivity index is 1.53. The van der Waals surface area contributed by atoms with Gasteiger partial charge < -0.3 is 29.9 Å². The Kier molecular flexibility index (Phi) is 14.4. The number of carbonyl (C=O) groups is 6. The summed E-state index contributed by atoms with van der Waals surface area (Å²) < 4.78 is 11.0. The van der Waals surface area contributed by atoms with Gasteiger partial charge in [0.2, 0.25) is 0 Å². The fourth-order valence-electron chi connectivity index (χ4n) is 6.43. The van der Waals surface area contributed by atoms with Crippen LogP contribution in [0.1, 0.15) is 151 Å². The molecule has 4 rings (SSSR count). The van der Waals surface area contributed by atoms with E-state index in [-0.39, 0.29) is 22.6 Å². The molecule has 0 heterocycles. The van der Waals surface area contributed by atoms with E-state index in [9.17, 15) is 49.2 Å². The predicted molar refractivity (Wildman–Crippen MR) is 202 cm³/mol. The van der Waals surface area contributed by atoms with Crippen molar-refractivity contribution in [1.29, 1.82) is 0 Å². The average molecular weight is 753 g/mol. The Morgan fingerprint density at radius 2 is 0.818 bits per heavy atom. The maximum atomic E-state index is 12.9. The summed E-state index contributed by atoms with van der Waals surface area (Å²) >= 11 is 0. The van der Waals surface area contributed by atoms with E-state index in [1.807, 2.05) is 24.3 Å². The van der Waals surface area contributed by atoms with Gasteiger partial charge in [0.1, 0.15) is 11.5 Å². The van der Waals surface area contributed by atoms with E-state index in [1.165, 1.54) is 50.7 Å². The highest BCUT2D eigenvalue weighted by Crippen LogP contribution is 2.39. The van der Waals surface area contributed by atoms with Crippen molar-refractivity contribution in [2.24, 2.45) is 0 Å². The van der Waals surface area contributed by atoms with Crippen LogP contribution < -0.4 is 9.47 Å².